The van der Waals surface area contributed by atoms with Crippen LogP contribution in [-0.2, 0) is 6.42 Å². The third kappa shape index (κ3) is 4.86. The Balaban J connectivity index is 2.36. The van der Waals surface area contributed by atoms with Crippen molar-refractivity contribution in [1.82, 2.24) is 0 Å². The summed E-state index contributed by atoms with van der Waals surface area (Å²) in [5.74, 6) is 1.60. The Labute approximate surface area is 171 Å². The zero-order valence-corrected chi connectivity index (χ0v) is 17.4. The molecule has 0 spiro atoms. The van der Waals surface area contributed by atoms with Crippen LogP contribution >= 0.6 is 0 Å². The van der Waals surface area contributed by atoms with Crippen molar-refractivity contribution in [2.45, 2.75) is 25.6 Å². The molecule has 0 aliphatic heterocycles. The molecule has 0 aliphatic carbocycles. The van der Waals surface area contributed by atoms with Crippen molar-refractivity contribution in [1.29, 1.82) is 0 Å². The molecule has 0 saturated heterocycles. The van der Waals surface area contributed by atoms with Crippen molar-refractivity contribution < 1.29 is 33.9 Å². The fourth-order valence-corrected chi connectivity index (χ4v) is 2.94. The van der Waals surface area contributed by atoms with Crippen molar-refractivity contribution in [3.63, 3.8) is 0 Å². The number of aromatic hydroxyl groups is 1. The summed E-state index contributed by atoms with van der Waals surface area (Å²) < 4.78 is 27.2. The average molecular weight is 404 g/mol. The Morgan fingerprint density at radius 1 is 0.897 bits per heavy atom. The molecule has 2 aromatic carbocycles. The Bertz CT molecular complexity index is 797. The van der Waals surface area contributed by atoms with E-state index in [-0.39, 0.29) is 17.2 Å². The molecule has 158 valence electrons. The molecular weight excluding hydrogens is 376 g/mol. The smallest absolute Gasteiger partial charge is 0.203 e. The molecule has 0 heterocycles. The standard InChI is InChI=1S/C22H28O7/c1-7-8-14-9-18(27-5)22(19(10-14)28-6)29-13(2)20(23)15-11-16(25-3)21(24)17(12-15)26-4/h7,9-13,20,23-24H,1,8H2,2-6H3. The van der Waals surface area contributed by atoms with E-state index >= 15 is 0 Å². The first kappa shape index (κ1) is 22.2. The Morgan fingerprint density at radius 3 is 1.79 bits per heavy atom. The number of aliphatic hydroxyl groups excluding tert-OH is 1. The molecule has 2 N–H and O–H groups in total. The van der Waals surface area contributed by atoms with Crippen molar-refractivity contribution in [2.24, 2.45) is 0 Å². The highest BCUT2D eigenvalue weighted by molar-refractivity contribution is 5.55. The van der Waals surface area contributed by atoms with E-state index in [0.717, 1.165) is 5.56 Å². The van der Waals surface area contributed by atoms with Crippen molar-refractivity contribution >= 4 is 0 Å². The van der Waals surface area contributed by atoms with E-state index in [0.29, 0.717) is 29.2 Å². The lowest BCUT2D eigenvalue weighted by Crippen LogP contribution is -2.22. The SMILES string of the molecule is C=CCc1cc(OC)c(OC(C)C(O)c2cc(OC)c(O)c(OC)c2)c(OC)c1. The van der Waals surface area contributed by atoms with Crippen molar-refractivity contribution in [3.05, 3.63) is 48.0 Å². The number of hydrogen-bond acceptors (Lipinski definition) is 7. The molecule has 7 heteroatoms. The summed E-state index contributed by atoms with van der Waals surface area (Å²) in [6, 6.07) is 6.74. The van der Waals surface area contributed by atoms with Gasteiger partial charge in [0.1, 0.15) is 12.2 Å². The zero-order chi connectivity index (χ0) is 21.6. The van der Waals surface area contributed by atoms with Crippen LogP contribution in [0, 0.1) is 0 Å². The highest BCUT2D eigenvalue weighted by Gasteiger charge is 2.25. The van der Waals surface area contributed by atoms with Gasteiger partial charge in [-0.25, -0.2) is 0 Å². The van der Waals surface area contributed by atoms with Gasteiger partial charge < -0.3 is 33.9 Å². The van der Waals surface area contributed by atoms with E-state index in [1.54, 1.807) is 13.0 Å². The van der Waals surface area contributed by atoms with E-state index < -0.39 is 12.2 Å². The van der Waals surface area contributed by atoms with Gasteiger partial charge in [0, 0.05) is 0 Å². The van der Waals surface area contributed by atoms with Crippen LogP contribution in [0.1, 0.15) is 24.2 Å². The minimum absolute atomic E-state index is 0.138. The van der Waals surface area contributed by atoms with Crippen LogP contribution in [0.3, 0.4) is 0 Å². The first-order chi connectivity index (χ1) is 13.9. The number of methoxy groups -OCH3 is 4. The minimum atomic E-state index is -1.04. The summed E-state index contributed by atoms with van der Waals surface area (Å²) in [6.45, 7) is 5.46. The lowest BCUT2D eigenvalue weighted by molar-refractivity contribution is 0.0431. The second-order valence-electron chi connectivity index (χ2n) is 6.36. The number of rotatable bonds is 10. The van der Waals surface area contributed by atoms with Gasteiger partial charge in [0.15, 0.2) is 23.0 Å². The molecule has 2 unspecified atom stereocenters. The molecular formula is C22H28O7. The zero-order valence-electron chi connectivity index (χ0n) is 17.4. The maximum atomic E-state index is 10.8. The van der Waals surface area contributed by atoms with Crippen molar-refractivity contribution in [3.8, 4) is 34.5 Å². The molecule has 2 atom stereocenters. The molecule has 29 heavy (non-hydrogen) atoms. The van der Waals surface area contributed by atoms with E-state index in [1.807, 2.05) is 12.1 Å². The van der Waals surface area contributed by atoms with Crippen LogP contribution in [-0.4, -0.2) is 44.8 Å². The Morgan fingerprint density at radius 2 is 1.38 bits per heavy atom. The topological polar surface area (TPSA) is 86.6 Å². The molecule has 0 radical (unpaired) electrons. The van der Waals surface area contributed by atoms with Crippen LogP contribution in [0.15, 0.2) is 36.9 Å². The van der Waals surface area contributed by atoms with Gasteiger partial charge in [-0.3, -0.25) is 0 Å². The largest absolute Gasteiger partial charge is 0.502 e. The molecule has 0 fully saturated rings. The summed E-state index contributed by atoms with van der Waals surface area (Å²) in [6.07, 6.45) is 0.716. The fourth-order valence-electron chi connectivity index (χ4n) is 2.94. The van der Waals surface area contributed by atoms with Crippen LogP contribution in [0.5, 0.6) is 34.5 Å². The lowest BCUT2D eigenvalue weighted by Gasteiger charge is -2.24. The number of benzene rings is 2. The summed E-state index contributed by atoms with van der Waals surface area (Å²) in [5.41, 5.74) is 1.42. The molecule has 0 bridgehead atoms. The maximum Gasteiger partial charge on any atom is 0.203 e. The van der Waals surface area contributed by atoms with Gasteiger partial charge in [-0.15, -0.1) is 6.58 Å². The lowest BCUT2D eigenvalue weighted by atomic mass is 10.0. The van der Waals surface area contributed by atoms with Gasteiger partial charge in [0.2, 0.25) is 11.5 Å². The molecule has 2 rings (SSSR count). The summed E-state index contributed by atoms with van der Waals surface area (Å²) in [4.78, 5) is 0. The van der Waals surface area contributed by atoms with Crippen LogP contribution < -0.4 is 23.7 Å². The minimum Gasteiger partial charge on any atom is -0.502 e. The number of aliphatic hydroxyl groups is 1. The van der Waals surface area contributed by atoms with Gasteiger partial charge in [-0.1, -0.05) is 6.08 Å². The normalized spacial score (nSPS) is 12.6. The van der Waals surface area contributed by atoms with Gasteiger partial charge in [0.05, 0.1) is 28.4 Å². The summed E-state index contributed by atoms with van der Waals surface area (Å²) in [7, 11) is 5.92. The molecule has 0 aromatic heterocycles. The predicted molar refractivity (Wildman–Crippen MR) is 110 cm³/mol. The molecule has 0 saturated carbocycles. The Hall–Kier alpha value is -3.06. The molecule has 0 aliphatic rings. The van der Waals surface area contributed by atoms with Crippen molar-refractivity contribution in [2.75, 3.05) is 28.4 Å². The molecule has 7 nitrogen and oxygen atoms in total. The number of ether oxygens (including phenoxy) is 5. The van der Waals surface area contributed by atoms with Crippen LogP contribution in [0.4, 0.5) is 0 Å². The quantitative estimate of drug-likeness (QED) is 0.585. The van der Waals surface area contributed by atoms with E-state index in [2.05, 4.69) is 6.58 Å². The number of phenols is 1. The Kier molecular flexibility index (Phi) is 7.61. The highest BCUT2D eigenvalue weighted by Crippen LogP contribution is 2.42. The summed E-state index contributed by atoms with van der Waals surface area (Å²) >= 11 is 0. The fraction of sp³-hybridized carbons (Fsp3) is 0.364. The van der Waals surface area contributed by atoms with Gasteiger partial charge in [-0.05, 0) is 48.7 Å². The predicted octanol–water partition coefficient (Wildman–Crippen LogP) is 3.66. The van der Waals surface area contributed by atoms with E-state index in [9.17, 15) is 10.2 Å². The third-order valence-corrected chi connectivity index (χ3v) is 4.49. The second kappa shape index (κ2) is 9.93. The summed E-state index contributed by atoms with van der Waals surface area (Å²) in [5, 5.41) is 20.9. The first-order valence-corrected chi connectivity index (χ1v) is 9.05. The van der Waals surface area contributed by atoms with Crippen LogP contribution in [0.2, 0.25) is 0 Å². The van der Waals surface area contributed by atoms with Crippen LogP contribution in [0.25, 0.3) is 0 Å². The highest BCUT2D eigenvalue weighted by atomic mass is 16.5. The second-order valence-corrected chi connectivity index (χ2v) is 6.36. The third-order valence-electron chi connectivity index (χ3n) is 4.49. The first-order valence-electron chi connectivity index (χ1n) is 9.05. The number of hydrogen-bond donors (Lipinski definition) is 2. The molecule has 0 amide bonds. The van der Waals surface area contributed by atoms with Gasteiger partial charge in [0.25, 0.3) is 0 Å². The van der Waals surface area contributed by atoms with Gasteiger partial charge >= 0.3 is 0 Å². The molecule has 2 aromatic rings. The maximum absolute atomic E-state index is 10.8. The number of allylic oxidation sites excluding steroid dienone is 1. The van der Waals surface area contributed by atoms with Gasteiger partial charge in [-0.2, -0.15) is 0 Å². The van der Waals surface area contributed by atoms with E-state index in [1.165, 1.54) is 40.6 Å². The van der Waals surface area contributed by atoms with E-state index in [4.69, 9.17) is 23.7 Å². The number of phenolic OH excluding ortho intramolecular Hbond substituents is 1. The average Bonchev–Trinajstić information content (AvgIpc) is 2.74. The monoisotopic (exact) mass is 404 g/mol.